The summed E-state index contributed by atoms with van der Waals surface area (Å²) in [5, 5.41) is 8.05. The molecule has 2 fully saturated rings. The number of H-pyrrole nitrogens is 1. The Morgan fingerprint density at radius 1 is 1.09 bits per heavy atom. The van der Waals surface area contributed by atoms with Crippen LogP contribution in [0.3, 0.4) is 0 Å². The van der Waals surface area contributed by atoms with E-state index in [9.17, 15) is 14.0 Å². The first-order valence-electron chi connectivity index (χ1n) is 11.3. The number of amides is 1. The normalized spacial score (nSPS) is 16.6. The van der Waals surface area contributed by atoms with E-state index in [0.29, 0.717) is 36.5 Å². The molecule has 0 radical (unpaired) electrons. The van der Waals surface area contributed by atoms with Gasteiger partial charge in [-0.2, -0.15) is 5.10 Å². The van der Waals surface area contributed by atoms with E-state index in [1.54, 1.807) is 23.1 Å². The molecule has 2 aliphatic heterocycles. The van der Waals surface area contributed by atoms with Gasteiger partial charge in [0.15, 0.2) is 0 Å². The number of hydrogen-bond acceptors (Lipinski definition) is 4. The number of aromatic amines is 1. The number of carbonyl (C=O) groups excluding carboxylic acids is 1. The Kier molecular flexibility index (Phi) is 7.10. The Morgan fingerprint density at radius 3 is 2.58 bits per heavy atom. The maximum absolute atomic E-state index is 14.5. The van der Waals surface area contributed by atoms with Crippen LogP contribution in [0.4, 0.5) is 4.39 Å². The van der Waals surface area contributed by atoms with Crippen LogP contribution in [0.25, 0.3) is 10.8 Å². The number of aromatic nitrogens is 2. The van der Waals surface area contributed by atoms with Crippen LogP contribution in [0.5, 0.6) is 0 Å². The zero-order valence-corrected chi connectivity index (χ0v) is 19.2. The van der Waals surface area contributed by atoms with Gasteiger partial charge in [0.25, 0.3) is 11.5 Å². The third-order valence-corrected chi connectivity index (χ3v) is 6.70. The average Bonchev–Trinajstić information content (AvgIpc) is 3.29. The van der Waals surface area contributed by atoms with Crippen molar-refractivity contribution in [3.8, 4) is 0 Å². The first kappa shape index (κ1) is 23.4. The second-order valence-electron chi connectivity index (χ2n) is 8.95. The lowest BCUT2D eigenvalue weighted by Crippen LogP contribution is -2.50. The van der Waals surface area contributed by atoms with Gasteiger partial charge in [-0.3, -0.25) is 9.59 Å². The quantitative estimate of drug-likeness (QED) is 0.597. The monoisotopic (exact) mass is 470 g/mol. The van der Waals surface area contributed by atoms with Gasteiger partial charge in [-0.05, 0) is 68.6 Å². The molecule has 33 heavy (non-hydrogen) atoms. The van der Waals surface area contributed by atoms with Gasteiger partial charge < -0.3 is 9.80 Å². The molecule has 3 aromatic rings. The number of hydrogen-bond donors (Lipinski definition) is 1. The summed E-state index contributed by atoms with van der Waals surface area (Å²) < 4.78 is 14.5. The number of rotatable bonds is 6. The number of carbonyl (C=O) groups is 1. The Hall–Kier alpha value is -2.77. The lowest BCUT2D eigenvalue weighted by atomic mass is 9.94. The molecule has 2 aliphatic rings. The zero-order chi connectivity index (χ0) is 22.1. The van der Waals surface area contributed by atoms with E-state index in [1.807, 2.05) is 18.2 Å². The summed E-state index contributed by atoms with van der Waals surface area (Å²) in [6.07, 6.45) is 4.07. The summed E-state index contributed by atoms with van der Waals surface area (Å²) in [4.78, 5) is 29.2. The molecule has 1 aromatic heterocycles. The van der Waals surface area contributed by atoms with Gasteiger partial charge in [-0.15, -0.1) is 12.4 Å². The topological polar surface area (TPSA) is 69.3 Å². The van der Waals surface area contributed by atoms with E-state index >= 15 is 0 Å². The highest BCUT2D eigenvalue weighted by molar-refractivity contribution is 5.95. The van der Waals surface area contributed by atoms with Crippen LogP contribution in [0.2, 0.25) is 0 Å². The summed E-state index contributed by atoms with van der Waals surface area (Å²) in [6.45, 7) is 4.86. The maximum Gasteiger partial charge on any atom is 0.272 e. The number of fused-ring (bicyclic) bond motifs is 1. The molecular weight excluding hydrogens is 443 g/mol. The fourth-order valence-electron chi connectivity index (χ4n) is 4.81. The zero-order valence-electron chi connectivity index (χ0n) is 18.4. The highest BCUT2D eigenvalue weighted by Crippen LogP contribution is 2.25. The lowest BCUT2D eigenvalue weighted by Gasteiger charge is -2.40. The van der Waals surface area contributed by atoms with Crippen molar-refractivity contribution in [3.63, 3.8) is 0 Å². The summed E-state index contributed by atoms with van der Waals surface area (Å²) in [6, 6.07) is 11.9. The van der Waals surface area contributed by atoms with Crippen molar-refractivity contribution in [1.82, 2.24) is 20.0 Å². The van der Waals surface area contributed by atoms with Crippen molar-refractivity contribution in [2.45, 2.75) is 25.7 Å². The van der Waals surface area contributed by atoms with Crippen LogP contribution in [0, 0.1) is 11.7 Å². The second-order valence-corrected chi connectivity index (χ2v) is 8.95. The summed E-state index contributed by atoms with van der Waals surface area (Å²) in [5.74, 6) is -0.248. The molecule has 0 unspecified atom stereocenters. The van der Waals surface area contributed by atoms with E-state index in [0.717, 1.165) is 23.9 Å². The molecule has 1 amide bonds. The van der Waals surface area contributed by atoms with E-state index in [-0.39, 0.29) is 29.4 Å². The van der Waals surface area contributed by atoms with Crippen LogP contribution < -0.4 is 5.56 Å². The number of likely N-dealkylation sites (tertiary alicyclic amines) is 2. The molecular formula is C25H28ClFN4O2. The number of nitrogens with one attached hydrogen (secondary N) is 1. The highest BCUT2D eigenvalue weighted by atomic mass is 35.5. The van der Waals surface area contributed by atoms with Crippen LogP contribution >= 0.6 is 12.4 Å². The highest BCUT2D eigenvalue weighted by Gasteiger charge is 2.32. The minimum absolute atomic E-state index is 0. The van der Waals surface area contributed by atoms with Crippen molar-refractivity contribution in [2.24, 2.45) is 5.92 Å². The van der Waals surface area contributed by atoms with Gasteiger partial charge in [-0.25, -0.2) is 9.49 Å². The largest absolute Gasteiger partial charge is 0.338 e. The summed E-state index contributed by atoms with van der Waals surface area (Å²) in [5.41, 5.74) is 1.34. The number of halogens is 2. The molecule has 5 rings (SSSR count). The van der Waals surface area contributed by atoms with Crippen molar-refractivity contribution in [2.75, 3.05) is 32.7 Å². The van der Waals surface area contributed by atoms with E-state index in [1.165, 1.54) is 32.0 Å². The Labute approximate surface area is 198 Å². The SMILES string of the molecule is Cl.O=C(c1cc(Cc2n[nH]c(=O)c3ccccc23)ccc1F)N1CC(CCN2CCCC2)C1. The Balaban J connectivity index is 0.00000259. The smallest absolute Gasteiger partial charge is 0.272 e. The van der Waals surface area contributed by atoms with E-state index in [4.69, 9.17) is 0 Å². The molecule has 0 spiro atoms. The van der Waals surface area contributed by atoms with Gasteiger partial charge in [-0.1, -0.05) is 24.3 Å². The van der Waals surface area contributed by atoms with Crippen molar-refractivity contribution in [1.29, 1.82) is 0 Å². The molecule has 2 saturated heterocycles. The maximum atomic E-state index is 14.5. The minimum atomic E-state index is -0.501. The van der Waals surface area contributed by atoms with Crippen LogP contribution in [-0.2, 0) is 6.42 Å². The molecule has 6 nitrogen and oxygen atoms in total. The van der Waals surface area contributed by atoms with Crippen LogP contribution in [-0.4, -0.2) is 58.6 Å². The van der Waals surface area contributed by atoms with Gasteiger partial charge in [0.1, 0.15) is 5.82 Å². The predicted molar refractivity (Wildman–Crippen MR) is 129 cm³/mol. The Bertz CT molecular complexity index is 1200. The number of benzene rings is 2. The van der Waals surface area contributed by atoms with Gasteiger partial charge in [0.05, 0.1) is 16.6 Å². The van der Waals surface area contributed by atoms with Crippen molar-refractivity contribution in [3.05, 3.63) is 75.5 Å². The molecule has 8 heteroatoms. The first-order valence-corrected chi connectivity index (χ1v) is 11.3. The van der Waals surface area contributed by atoms with Crippen molar-refractivity contribution < 1.29 is 9.18 Å². The standard InChI is InChI=1S/C25H27FN4O2.ClH/c26-22-8-7-17(14-23-19-5-1-2-6-20(19)24(31)28-27-23)13-21(22)25(32)30-15-18(16-30)9-12-29-10-3-4-11-29;/h1-2,5-8,13,18H,3-4,9-12,14-16H2,(H,28,31);1H. The van der Waals surface area contributed by atoms with E-state index < -0.39 is 5.82 Å². The molecule has 0 atom stereocenters. The molecule has 2 aromatic carbocycles. The third-order valence-electron chi connectivity index (χ3n) is 6.70. The fraction of sp³-hybridized carbons (Fsp3) is 0.400. The predicted octanol–water partition coefficient (Wildman–Crippen LogP) is 3.63. The fourth-order valence-corrected chi connectivity index (χ4v) is 4.81. The van der Waals surface area contributed by atoms with Gasteiger partial charge in [0.2, 0.25) is 0 Å². The third kappa shape index (κ3) is 4.94. The number of nitrogens with zero attached hydrogens (tertiary/aromatic N) is 3. The summed E-state index contributed by atoms with van der Waals surface area (Å²) in [7, 11) is 0. The lowest BCUT2D eigenvalue weighted by molar-refractivity contribution is 0.0463. The van der Waals surface area contributed by atoms with E-state index in [2.05, 4.69) is 15.1 Å². The van der Waals surface area contributed by atoms with Crippen LogP contribution in [0.15, 0.2) is 47.3 Å². The molecule has 0 saturated carbocycles. The minimum Gasteiger partial charge on any atom is -0.338 e. The van der Waals surface area contributed by atoms with Gasteiger partial charge in [0, 0.05) is 24.9 Å². The van der Waals surface area contributed by atoms with Gasteiger partial charge >= 0.3 is 0 Å². The second kappa shape index (κ2) is 10.0. The average molecular weight is 471 g/mol. The molecule has 174 valence electrons. The Morgan fingerprint density at radius 2 is 1.82 bits per heavy atom. The molecule has 0 aliphatic carbocycles. The molecule has 3 heterocycles. The summed E-state index contributed by atoms with van der Waals surface area (Å²) >= 11 is 0. The van der Waals surface area contributed by atoms with Crippen molar-refractivity contribution >= 4 is 29.1 Å². The molecule has 1 N–H and O–H groups in total. The molecule has 0 bridgehead atoms. The van der Waals surface area contributed by atoms with Crippen LogP contribution in [0.1, 0.15) is 40.9 Å². The first-order chi connectivity index (χ1) is 15.6.